The molecular weight excluding hydrogens is 412 g/mol. The van der Waals surface area contributed by atoms with E-state index in [1.807, 2.05) is 20.8 Å². The summed E-state index contributed by atoms with van der Waals surface area (Å²) in [4.78, 5) is 21.4. The van der Waals surface area contributed by atoms with E-state index in [2.05, 4.69) is 5.32 Å². The van der Waals surface area contributed by atoms with E-state index in [1.165, 1.54) is 14.0 Å². The average molecular weight is 447 g/mol. The highest BCUT2D eigenvalue weighted by atomic mass is 32.2. The molecule has 30 heavy (non-hydrogen) atoms. The van der Waals surface area contributed by atoms with Crippen LogP contribution in [0.4, 0.5) is 0 Å². The number of hydrogen-bond acceptors (Lipinski definition) is 7. The molecule has 172 valence electrons. The van der Waals surface area contributed by atoms with E-state index in [0.717, 1.165) is 6.26 Å². The van der Waals surface area contributed by atoms with Gasteiger partial charge in [0, 0.05) is 13.2 Å². The standard InChI is InChI=1S/C14H21NO5S.C6H13NO2/c1-5-20-14-8-11(6-7-13(14)19-3)12(15-10(2)16)9-21(4,17)18;1-4(2)3-5(7)6(8)9/h6-8,12H,5,9H2,1-4H3,(H,15,16);4-5H,3,7H2,1-2H3,(H,8,9)/t;5-/m.0/s1. The van der Waals surface area contributed by atoms with Crippen molar-refractivity contribution in [3.63, 3.8) is 0 Å². The van der Waals surface area contributed by atoms with Gasteiger partial charge < -0.3 is 25.6 Å². The van der Waals surface area contributed by atoms with Crippen molar-refractivity contribution in [1.82, 2.24) is 5.32 Å². The molecule has 0 saturated heterocycles. The quantitative estimate of drug-likeness (QED) is 0.493. The molecule has 0 saturated carbocycles. The Morgan fingerprint density at radius 3 is 2.20 bits per heavy atom. The number of aliphatic carboxylic acids is 1. The van der Waals surface area contributed by atoms with Crippen molar-refractivity contribution in [3.05, 3.63) is 23.8 Å². The molecule has 0 fully saturated rings. The third-order valence-electron chi connectivity index (χ3n) is 3.78. The Morgan fingerprint density at radius 1 is 1.23 bits per heavy atom. The molecule has 0 aliphatic rings. The Balaban J connectivity index is 0.000000787. The number of nitrogens with one attached hydrogen (secondary N) is 1. The Labute approximate surface area is 178 Å². The minimum atomic E-state index is -3.24. The van der Waals surface area contributed by atoms with E-state index >= 15 is 0 Å². The normalized spacial score (nSPS) is 12.9. The number of benzene rings is 1. The van der Waals surface area contributed by atoms with Gasteiger partial charge in [0.05, 0.1) is 25.5 Å². The third-order valence-corrected chi connectivity index (χ3v) is 4.72. The van der Waals surface area contributed by atoms with Gasteiger partial charge in [0.1, 0.15) is 15.9 Å². The fraction of sp³-hybridized carbons (Fsp3) is 0.600. The van der Waals surface area contributed by atoms with Crippen LogP contribution in [-0.2, 0) is 19.4 Å². The van der Waals surface area contributed by atoms with Crippen molar-refractivity contribution >= 4 is 21.7 Å². The maximum atomic E-state index is 11.5. The first-order chi connectivity index (χ1) is 13.8. The van der Waals surface area contributed by atoms with Gasteiger partial charge in [-0.25, -0.2) is 8.42 Å². The lowest BCUT2D eigenvalue weighted by Crippen LogP contribution is -2.31. The first-order valence-corrected chi connectivity index (χ1v) is 11.6. The number of nitrogens with two attached hydrogens (primary N) is 1. The number of methoxy groups -OCH3 is 1. The number of hydrogen-bond donors (Lipinski definition) is 3. The molecule has 1 amide bonds. The maximum Gasteiger partial charge on any atom is 0.320 e. The summed E-state index contributed by atoms with van der Waals surface area (Å²) >= 11 is 0. The first kappa shape index (κ1) is 27.7. The topological polar surface area (TPSA) is 145 Å². The van der Waals surface area contributed by atoms with Crippen molar-refractivity contribution in [2.24, 2.45) is 11.7 Å². The number of carbonyl (C=O) groups is 2. The highest BCUT2D eigenvalue weighted by Gasteiger charge is 2.20. The van der Waals surface area contributed by atoms with Crippen LogP contribution in [0.1, 0.15) is 45.7 Å². The van der Waals surface area contributed by atoms with E-state index in [9.17, 15) is 18.0 Å². The van der Waals surface area contributed by atoms with Gasteiger partial charge in [-0.15, -0.1) is 0 Å². The molecule has 1 unspecified atom stereocenters. The smallest absolute Gasteiger partial charge is 0.320 e. The highest BCUT2D eigenvalue weighted by Crippen LogP contribution is 2.30. The van der Waals surface area contributed by atoms with Crippen LogP contribution in [0.25, 0.3) is 0 Å². The monoisotopic (exact) mass is 446 g/mol. The number of sulfone groups is 1. The summed E-state index contributed by atoms with van der Waals surface area (Å²) in [5.41, 5.74) is 5.87. The summed E-state index contributed by atoms with van der Waals surface area (Å²) in [5.74, 6) is 0.0462. The van der Waals surface area contributed by atoms with Crippen molar-refractivity contribution in [3.8, 4) is 11.5 Å². The number of rotatable bonds is 10. The largest absolute Gasteiger partial charge is 0.493 e. The summed E-state index contributed by atoms with van der Waals surface area (Å²) < 4.78 is 33.7. The summed E-state index contributed by atoms with van der Waals surface area (Å²) in [6.07, 6.45) is 1.68. The molecule has 1 aromatic rings. The van der Waals surface area contributed by atoms with Crippen LogP contribution in [0.5, 0.6) is 11.5 Å². The van der Waals surface area contributed by atoms with E-state index in [4.69, 9.17) is 20.3 Å². The van der Waals surface area contributed by atoms with Crippen LogP contribution in [0.2, 0.25) is 0 Å². The van der Waals surface area contributed by atoms with Gasteiger partial charge in [-0.2, -0.15) is 0 Å². The Kier molecular flexibility index (Phi) is 12.1. The molecule has 0 aliphatic carbocycles. The van der Waals surface area contributed by atoms with Gasteiger partial charge in [-0.1, -0.05) is 19.9 Å². The number of carboxylic acid groups (broad SMARTS) is 1. The van der Waals surface area contributed by atoms with Crippen molar-refractivity contribution in [2.45, 2.75) is 46.2 Å². The van der Waals surface area contributed by atoms with Crippen LogP contribution in [0.15, 0.2) is 18.2 Å². The second-order valence-electron chi connectivity index (χ2n) is 7.26. The lowest BCUT2D eigenvalue weighted by Gasteiger charge is -2.19. The molecule has 9 nitrogen and oxygen atoms in total. The SMILES string of the molecule is CC(C)C[C@H](N)C(=O)O.CCOc1cc(C(CS(C)(=O)=O)NC(C)=O)ccc1OC. The van der Waals surface area contributed by atoms with Gasteiger partial charge >= 0.3 is 5.97 Å². The Hall–Kier alpha value is -2.33. The molecule has 0 aliphatic heterocycles. The molecule has 1 rings (SSSR count). The third kappa shape index (κ3) is 11.6. The van der Waals surface area contributed by atoms with E-state index in [-0.39, 0.29) is 11.7 Å². The van der Waals surface area contributed by atoms with Crippen LogP contribution in [-0.4, -0.2) is 57.2 Å². The molecule has 10 heteroatoms. The van der Waals surface area contributed by atoms with Crippen molar-refractivity contribution < 1.29 is 32.6 Å². The first-order valence-electron chi connectivity index (χ1n) is 9.54. The zero-order valence-corrected chi connectivity index (χ0v) is 19.3. The molecule has 0 bridgehead atoms. The zero-order chi connectivity index (χ0) is 23.5. The number of carboxylic acids is 1. The van der Waals surface area contributed by atoms with Gasteiger partial charge in [-0.3, -0.25) is 9.59 Å². The van der Waals surface area contributed by atoms with Crippen molar-refractivity contribution in [2.75, 3.05) is 25.7 Å². The number of ether oxygens (including phenoxy) is 2. The van der Waals surface area contributed by atoms with Gasteiger partial charge in [-0.05, 0) is 37.0 Å². The molecule has 0 aromatic heterocycles. The summed E-state index contributed by atoms with van der Waals surface area (Å²) in [6.45, 7) is 7.54. The lowest BCUT2D eigenvalue weighted by molar-refractivity contribution is -0.138. The summed E-state index contributed by atoms with van der Waals surface area (Å²) in [6, 6.07) is 3.78. The molecular formula is C20H34N2O7S. The molecule has 0 heterocycles. The van der Waals surface area contributed by atoms with E-state index in [0.29, 0.717) is 36.0 Å². The maximum absolute atomic E-state index is 11.5. The van der Waals surface area contributed by atoms with E-state index in [1.54, 1.807) is 18.2 Å². The Bertz CT molecular complexity index is 794. The zero-order valence-electron chi connectivity index (χ0n) is 18.5. The highest BCUT2D eigenvalue weighted by molar-refractivity contribution is 7.90. The summed E-state index contributed by atoms with van der Waals surface area (Å²) in [7, 11) is -1.72. The average Bonchev–Trinajstić information content (AvgIpc) is 2.59. The molecule has 1 aromatic carbocycles. The lowest BCUT2D eigenvalue weighted by atomic mass is 10.1. The van der Waals surface area contributed by atoms with Crippen LogP contribution >= 0.6 is 0 Å². The minimum Gasteiger partial charge on any atom is -0.493 e. The fourth-order valence-corrected chi connectivity index (χ4v) is 3.44. The number of carbonyl (C=O) groups excluding carboxylic acids is 1. The predicted molar refractivity (Wildman–Crippen MR) is 115 cm³/mol. The molecule has 0 radical (unpaired) electrons. The van der Waals surface area contributed by atoms with Crippen LogP contribution in [0.3, 0.4) is 0 Å². The van der Waals surface area contributed by atoms with Crippen LogP contribution < -0.4 is 20.5 Å². The minimum absolute atomic E-state index is 0.176. The second kappa shape index (κ2) is 13.1. The van der Waals surface area contributed by atoms with Gasteiger partial charge in [0.25, 0.3) is 0 Å². The van der Waals surface area contributed by atoms with Gasteiger partial charge in [0.2, 0.25) is 5.91 Å². The van der Waals surface area contributed by atoms with Crippen LogP contribution in [0, 0.1) is 5.92 Å². The Morgan fingerprint density at radius 2 is 1.83 bits per heavy atom. The molecule has 0 spiro atoms. The molecule has 2 atom stereocenters. The van der Waals surface area contributed by atoms with Crippen molar-refractivity contribution in [1.29, 1.82) is 0 Å². The summed E-state index contributed by atoms with van der Waals surface area (Å²) in [5, 5.41) is 11.0. The second-order valence-corrected chi connectivity index (χ2v) is 9.45. The van der Waals surface area contributed by atoms with E-state index < -0.39 is 27.9 Å². The predicted octanol–water partition coefficient (Wildman–Crippen LogP) is 1.76. The number of amides is 1. The fourth-order valence-electron chi connectivity index (χ4n) is 2.56. The van der Waals surface area contributed by atoms with Gasteiger partial charge in [0.15, 0.2) is 11.5 Å². The molecule has 4 N–H and O–H groups in total.